The largest absolute Gasteiger partial charge is 0.497 e. The van der Waals surface area contributed by atoms with E-state index < -0.39 is 0 Å². The van der Waals surface area contributed by atoms with Crippen LogP contribution in [0.2, 0.25) is 0 Å². The number of benzene rings is 1. The van der Waals surface area contributed by atoms with Crippen molar-refractivity contribution >= 4 is 59.9 Å². The molecule has 27 heavy (non-hydrogen) atoms. The fourth-order valence-corrected chi connectivity index (χ4v) is 5.12. The maximum absolute atomic E-state index is 13.2. The normalized spacial score (nSPS) is 11.3. The van der Waals surface area contributed by atoms with Crippen LogP contribution in [0.15, 0.2) is 34.1 Å². The van der Waals surface area contributed by atoms with Gasteiger partial charge in [0.1, 0.15) is 5.75 Å². The lowest BCUT2D eigenvalue weighted by Gasteiger charge is -2.24. The van der Waals surface area contributed by atoms with Gasteiger partial charge in [-0.2, -0.15) is 0 Å². The molecule has 3 aromatic rings. The Morgan fingerprint density at radius 3 is 2.56 bits per heavy atom. The number of hydrogen-bond acceptors (Lipinski definition) is 6. The summed E-state index contributed by atoms with van der Waals surface area (Å²) in [6, 6.07) is 9.56. The smallest absolute Gasteiger partial charge is 0.270 e. The Kier molecular flexibility index (Phi) is 6.86. The summed E-state index contributed by atoms with van der Waals surface area (Å²) in [5, 5.41) is 0.722. The van der Waals surface area contributed by atoms with Gasteiger partial charge >= 0.3 is 0 Å². The van der Waals surface area contributed by atoms with Gasteiger partial charge in [-0.1, -0.05) is 25.2 Å². The Labute approximate surface area is 175 Å². The van der Waals surface area contributed by atoms with Crippen LogP contribution in [-0.2, 0) is 0 Å². The van der Waals surface area contributed by atoms with Crippen LogP contribution in [-0.4, -0.2) is 49.1 Å². The van der Waals surface area contributed by atoms with Gasteiger partial charge in [0.15, 0.2) is 5.13 Å². The van der Waals surface area contributed by atoms with E-state index in [2.05, 4.69) is 34.7 Å². The third-order valence-electron chi connectivity index (χ3n) is 4.38. The first kappa shape index (κ1) is 20.3. The van der Waals surface area contributed by atoms with Crippen LogP contribution < -0.4 is 9.64 Å². The van der Waals surface area contributed by atoms with E-state index in [0.29, 0.717) is 11.4 Å². The minimum atomic E-state index is -0.0103. The zero-order valence-electron chi connectivity index (χ0n) is 15.6. The Morgan fingerprint density at radius 2 is 1.93 bits per heavy atom. The monoisotopic (exact) mass is 467 g/mol. The van der Waals surface area contributed by atoms with Gasteiger partial charge in [-0.3, -0.25) is 9.69 Å². The zero-order valence-corrected chi connectivity index (χ0v) is 18.8. The predicted octanol–water partition coefficient (Wildman–Crippen LogP) is 5.12. The van der Waals surface area contributed by atoms with E-state index in [4.69, 9.17) is 9.72 Å². The van der Waals surface area contributed by atoms with Crippen molar-refractivity contribution in [3.63, 3.8) is 0 Å². The van der Waals surface area contributed by atoms with Crippen molar-refractivity contribution in [3.8, 4) is 5.75 Å². The van der Waals surface area contributed by atoms with E-state index in [1.165, 1.54) is 22.7 Å². The molecule has 3 rings (SSSR count). The molecule has 0 aliphatic carbocycles. The van der Waals surface area contributed by atoms with Gasteiger partial charge < -0.3 is 9.64 Å². The number of fused-ring (bicyclic) bond motifs is 1. The van der Waals surface area contributed by atoms with Crippen molar-refractivity contribution in [2.24, 2.45) is 0 Å². The lowest BCUT2D eigenvalue weighted by Crippen LogP contribution is -2.38. The first-order valence-electron chi connectivity index (χ1n) is 8.79. The quantitative estimate of drug-likeness (QED) is 0.461. The maximum Gasteiger partial charge on any atom is 0.270 e. The molecule has 0 unspecified atom stereocenters. The number of rotatable bonds is 8. The predicted molar refractivity (Wildman–Crippen MR) is 118 cm³/mol. The number of nitrogens with zero attached hydrogens (tertiary/aromatic N) is 3. The van der Waals surface area contributed by atoms with Crippen LogP contribution in [0.3, 0.4) is 0 Å². The number of ether oxygens (including phenoxy) is 1. The Bertz CT molecular complexity index is 921. The molecule has 1 aromatic carbocycles. The van der Waals surface area contributed by atoms with Crippen LogP contribution in [0.5, 0.6) is 5.75 Å². The minimum absolute atomic E-state index is 0.0103. The van der Waals surface area contributed by atoms with Crippen LogP contribution in [0, 0.1) is 0 Å². The maximum atomic E-state index is 13.2. The van der Waals surface area contributed by atoms with Crippen molar-refractivity contribution in [3.05, 3.63) is 39.0 Å². The molecule has 8 heteroatoms. The first-order chi connectivity index (χ1) is 13.0. The van der Waals surface area contributed by atoms with Crippen LogP contribution in [0.1, 0.15) is 23.5 Å². The van der Waals surface area contributed by atoms with E-state index >= 15 is 0 Å². The van der Waals surface area contributed by atoms with Gasteiger partial charge in [0.05, 0.1) is 26.0 Å². The highest BCUT2D eigenvalue weighted by atomic mass is 79.9. The molecular formula is C19H22BrN3O2S2. The molecular weight excluding hydrogens is 446 g/mol. The number of anilines is 1. The molecule has 5 nitrogen and oxygen atoms in total. The number of aromatic nitrogens is 1. The average Bonchev–Trinajstić information content (AvgIpc) is 3.30. The summed E-state index contributed by atoms with van der Waals surface area (Å²) >= 11 is 6.41. The molecule has 144 valence electrons. The summed E-state index contributed by atoms with van der Waals surface area (Å²) in [6.45, 7) is 7.60. The second-order valence-corrected chi connectivity index (χ2v) is 9.39. The number of carbonyl (C=O) groups is 1. The lowest BCUT2D eigenvalue weighted by atomic mass is 10.3. The summed E-state index contributed by atoms with van der Waals surface area (Å²) in [7, 11) is 1.65. The van der Waals surface area contributed by atoms with Crippen LogP contribution in [0.25, 0.3) is 10.2 Å². The summed E-state index contributed by atoms with van der Waals surface area (Å²) in [4.78, 5) is 22.7. The summed E-state index contributed by atoms with van der Waals surface area (Å²) < 4.78 is 7.27. The summed E-state index contributed by atoms with van der Waals surface area (Å²) in [5.74, 6) is 0.782. The van der Waals surface area contributed by atoms with Crippen molar-refractivity contribution in [1.29, 1.82) is 0 Å². The average molecular weight is 468 g/mol. The van der Waals surface area contributed by atoms with Gasteiger partial charge in [0.25, 0.3) is 5.91 Å². The number of thiophene rings is 1. The van der Waals surface area contributed by atoms with Crippen LogP contribution in [0.4, 0.5) is 5.13 Å². The minimum Gasteiger partial charge on any atom is -0.497 e. The van der Waals surface area contributed by atoms with Crippen molar-refractivity contribution in [1.82, 2.24) is 9.88 Å². The van der Waals surface area contributed by atoms with Gasteiger partial charge in [-0.25, -0.2) is 4.98 Å². The van der Waals surface area contributed by atoms with E-state index in [1.54, 1.807) is 12.0 Å². The number of methoxy groups -OCH3 is 1. The molecule has 0 N–H and O–H groups in total. The number of hydrogen-bond donors (Lipinski definition) is 0. The molecule has 2 aromatic heterocycles. The Balaban J connectivity index is 1.94. The van der Waals surface area contributed by atoms with E-state index in [9.17, 15) is 4.79 Å². The lowest BCUT2D eigenvalue weighted by molar-refractivity contribution is 0.0987. The molecule has 0 atom stereocenters. The van der Waals surface area contributed by atoms with Crippen molar-refractivity contribution in [2.45, 2.75) is 13.8 Å². The molecule has 0 spiro atoms. The van der Waals surface area contributed by atoms with Gasteiger partial charge in [0, 0.05) is 13.1 Å². The number of likely N-dealkylation sites (N-methyl/N-ethyl adjacent to an activating group) is 1. The highest BCUT2D eigenvalue weighted by molar-refractivity contribution is 9.11. The van der Waals surface area contributed by atoms with Crippen molar-refractivity contribution in [2.75, 3.05) is 38.2 Å². The third kappa shape index (κ3) is 4.68. The van der Waals surface area contributed by atoms with Crippen LogP contribution >= 0.6 is 38.6 Å². The van der Waals surface area contributed by atoms with E-state index in [1.807, 2.05) is 30.3 Å². The number of thiazole rings is 1. The third-order valence-corrected chi connectivity index (χ3v) is 7.03. The molecule has 0 saturated heterocycles. The molecule has 0 aliphatic rings. The Morgan fingerprint density at radius 1 is 1.15 bits per heavy atom. The highest BCUT2D eigenvalue weighted by Crippen LogP contribution is 2.33. The van der Waals surface area contributed by atoms with Gasteiger partial charge in [0.2, 0.25) is 0 Å². The topological polar surface area (TPSA) is 45.7 Å². The molecule has 0 saturated carbocycles. The summed E-state index contributed by atoms with van der Waals surface area (Å²) in [6.07, 6.45) is 0. The number of carbonyl (C=O) groups excluding carboxylic acids is 1. The second-order valence-electron chi connectivity index (χ2n) is 5.92. The van der Waals surface area contributed by atoms with E-state index in [0.717, 1.165) is 44.5 Å². The molecule has 2 heterocycles. The van der Waals surface area contributed by atoms with E-state index in [-0.39, 0.29) is 5.91 Å². The first-order valence-corrected chi connectivity index (χ1v) is 11.2. The highest BCUT2D eigenvalue weighted by Gasteiger charge is 2.23. The van der Waals surface area contributed by atoms with Gasteiger partial charge in [-0.05, 0) is 59.4 Å². The zero-order chi connectivity index (χ0) is 19.4. The fourth-order valence-electron chi connectivity index (χ4n) is 2.76. The standard InChI is InChI=1S/C19H22BrN3O2S2/c1-4-22(5-2)10-11-23(18(24)15-8-9-17(20)26-15)19-21-14-7-6-13(25-3)12-16(14)27-19/h6-9,12H,4-5,10-11H2,1-3H3. The fraction of sp³-hybridized carbons (Fsp3) is 0.368. The summed E-state index contributed by atoms with van der Waals surface area (Å²) in [5.41, 5.74) is 0.879. The molecule has 0 radical (unpaired) electrons. The molecule has 0 bridgehead atoms. The Hall–Kier alpha value is -1.48. The SMILES string of the molecule is CCN(CC)CCN(C(=O)c1ccc(Br)s1)c1nc2ccc(OC)cc2s1. The number of amides is 1. The second kappa shape index (κ2) is 9.14. The number of halogens is 1. The molecule has 1 amide bonds. The van der Waals surface area contributed by atoms with Crippen molar-refractivity contribution < 1.29 is 9.53 Å². The molecule has 0 aliphatic heterocycles. The molecule has 0 fully saturated rings. The van der Waals surface area contributed by atoms with Gasteiger partial charge in [-0.15, -0.1) is 11.3 Å².